The number of nitrogens with zero attached hydrogens (tertiary/aromatic N) is 4. The Labute approximate surface area is 285 Å². The van der Waals surface area contributed by atoms with E-state index in [2.05, 4.69) is 89.2 Å². The SMILES string of the molecule is CC(C)(C)C1=CC(=O)[C](O)C(C(C)(C)C)=C1.[Fe].[O]O.c1cnc2c(c1)ccc1cccnc12.c1cnc2c(c1)ccc1cccnc12. The van der Waals surface area contributed by atoms with Crippen molar-refractivity contribution in [2.75, 3.05) is 0 Å². The summed E-state index contributed by atoms with van der Waals surface area (Å²) in [5, 5.41) is 27.4. The van der Waals surface area contributed by atoms with E-state index in [1.54, 1.807) is 24.8 Å². The Hall–Kier alpha value is -4.37. The van der Waals surface area contributed by atoms with Gasteiger partial charge in [-0.2, -0.15) is 0 Å². The molecule has 0 saturated heterocycles. The number of allylic oxidation sites excluding steroid dienone is 2. The molecule has 242 valence electrons. The summed E-state index contributed by atoms with van der Waals surface area (Å²) in [6.07, 6.45) is 10.6. The van der Waals surface area contributed by atoms with Gasteiger partial charge in [0.05, 0.1) is 22.1 Å². The fourth-order valence-electron chi connectivity index (χ4n) is 4.97. The van der Waals surface area contributed by atoms with Gasteiger partial charge in [-0.15, -0.1) is 0 Å². The monoisotopic (exact) mass is 670 g/mol. The molecule has 0 unspecified atom stereocenters. The third-order valence-electron chi connectivity index (χ3n) is 7.44. The van der Waals surface area contributed by atoms with Gasteiger partial charge in [-0.1, -0.05) is 96.1 Å². The van der Waals surface area contributed by atoms with E-state index in [1.165, 1.54) is 6.08 Å². The number of aliphatic hydroxyl groups is 1. The van der Waals surface area contributed by atoms with Crippen molar-refractivity contribution in [3.8, 4) is 0 Å². The minimum atomic E-state index is -0.280. The Kier molecular flexibility index (Phi) is 12.6. The Morgan fingerprint density at radius 3 is 1.11 bits per heavy atom. The van der Waals surface area contributed by atoms with E-state index < -0.39 is 0 Å². The molecule has 9 heteroatoms. The zero-order valence-corrected chi connectivity index (χ0v) is 28.3. The van der Waals surface area contributed by atoms with Gasteiger partial charge in [0.1, 0.15) is 0 Å². The van der Waals surface area contributed by atoms with Gasteiger partial charge in [-0.05, 0) is 57.6 Å². The first-order chi connectivity index (χ1) is 21.9. The van der Waals surface area contributed by atoms with Crippen molar-refractivity contribution >= 4 is 49.4 Å². The second-order valence-electron chi connectivity index (χ2n) is 12.8. The Bertz CT molecular complexity index is 1830. The molecule has 2 N–H and O–H groups in total. The van der Waals surface area contributed by atoms with Gasteiger partial charge in [0, 0.05) is 63.4 Å². The number of aliphatic hydroxyl groups excluding tert-OH is 1. The summed E-state index contributed by atoms with van der Waals surface area (Å²) in [7, 11) is 0. The maximum absolute atomic E-state index is 11.7. The van der Waals surface area contributed by atoms with Crippen molar-refractivity contribution in [3.05, 3.63) is 127 Å². The standard InChI is InChI=1S/C14H21O2.2C12H8N2.Fe.HO2/c1-13(2,3)9-7-10(14(4,5)6)12(16)11(15)8-9;2*1-3-9-5-6-10-4-2-8-14-12(10)11(9)13-7-1;;1-2/h7-8,16H,1-6H3;2*1-8H;;1H. The van der Waals surface area contributed by atoms with Gasteiger partial charge >= 0.3 is 0 Å². The van der Waals surface area contributed by atoms with Crippen LogP contribution in [0.2, 0.25) is 0 Å². The van der Waals surface area contributed by atoms with Crippen LogP contribution in [0.25, 0.3) is 43.6 Å². The topological polar surface area (TPSA) is 129 Å². The van der Waals surface area contributed by atoms with Gasteiger partial charge in [0.2, 0.25) is 0 Å². The van der Waals surface area contributed by atoms with Crippen LogP contribution < -0.4 is 0 Å². The van der Waals surface area contributed by atoms with Crippen LogP contribution in [0.5, 0.6) is 0 Å². The number of carbonyl (C=O) groups is 1. The largest absolute Gasteiger partial charge is 0.374 e. The number of fused-ring (bicyclic) bond motifs is 6. The zero-order valence-electron chi connectivity index (χ0n) is 27.2. The Morgan fingerprint density at radius 1 is 0.511 bits per heavy atom. The van der Waals surface area contributed by atoms with Crippen molar-refractivity contribution in [2.24, 2.45) is 10.8 Å². The fraction of sp³-hybridized carbons (Fsp3) is 0.211. The predicted molar refractivity (Wildman–Crippen MR) is 183 cm³/mol. The average molecular weight is 671 g/mol. The van der Waals surface area contributed by atoms with Gasteiger partial charge < -0.3 is 5.11 Å². The van der Waals surface area contributed by atoms with E-state index in [4.69, 9.17) is 10.5 Å². The predicted octanol–water partition coefficient (Wildman–Crippen LogP) is 8.87. The molecule has 47 heavy (non-hydrogen) atoms. The molecule has 0 aliphatic heterocycles. The number of carbonyl (C=O) groups excluding carboxylic acids is 1. The number of pyridine rings is 4. The maximum atomic E-state index is 11.7. The molecule has 0 fully saturated rings. The molecule has 8 nitrogen and oxygen atoms in total. The number of benzene rings is 2. The van der Waals surface area contributed by atoms with Gasteiger partial charge in [0.15, 0.2) is 11.9 Å². The molecule has 4 heterocycles. The van der Waals surface area contributed by atoms with Gasteiger partial charge in [-0.25, -0.2) is 5.26 Å². The average Bonchev–Trinajstić information content (AvgIpc) is 3.06. The number of rotatable bonds is 0. The van der Waals surface area contributed by atoms with Crippen LogP contribution in [0, 0.1) is 16.9 Å². The second kappa shape index (κ2) is 16.0. The van der Waals surface area contributed by atoms with Crippen LogP contribution in [0.1, 0.15) is 41.5 Å². The molecular formula is C38H38FeN4O4. The van der Waals surface area contributed by atoms with E-state index in [0.717, 1.165) is 54.8 Å². The quantitative estimate of drug-likeness (QED) is 0.0715. The van der Waals surface area contributed by atoms with Crippen molar-refractivity contribution < 1.29 is 37.5 Å². The molecule has 1 aliphatic rings. The molecule has 0 spiro atoms. The first kappa shape index (κ1) is 37.1. The first-order valence-electron chi connectivity index (χ1n) is 14.8. The molecule has 7 rings (SSSR count). The van der Waals surface area contributed by atoms with Crippen molar-refractivity contribution in [3.63, 3.8) is 0 Å². The van der Waals surface area contributed by atoms with Crippen molar-refractivity contribution in [1.29, 1.82) is 0 Å². The third kappa shape index (κ3) is 8.92. The fourth-order valence-corrected chi connectivity index (χ4v) is 4.97. The molecule has 2 radical (unpaired) electrons. The normalized spacial score (nSPS) is 13.3. The summed E-state index contributed by atoms with van der Waals surface area (Å²) in [5.41, 5.74) is 5.31. The molecular weight excluding hydrogens is 632 g/mol. The van der Waals surface area contributed by atoms with Crippen LogP contribution in [0.3, 0.4) is 0 Å². The first-order valence-corrected chi connectivity index (χ1v) is 14.8. The van der Waals surface area contributed by atoms with Gasteiger partial charge in [0.25, 0.3) is 0 Å². The van der Waals surface area contributed by atoms with Gasteiger partial charge in [-0.3, -0.25) is 24.7 Å². The Balaban J connectivity index is 0.000000185. The minimum Gasteiger partial charge on any atom is -0.374 e. The number of hydrogen-bond acceptors (Lipinski definition) is 7. The summed E-state index contributed by atoms with van der Waals surface area (Å²) >= 11 is 0. The van der Waals surface area contributed by atoms with E-state index in [0.29, 0.717) is 0 Å². The summed E-state index contributed by atoms with van der Waals surface area (Å²) in [5.74, 6) is -0.280. The van der Waals surface area contributed by atoms with E-state index in [-0.39, 0.29) is 39.8 Å². The number of aromatic nitrogens is 4. The van der Waals surface area contributed by atoms with E-state index in [1.807, 2.05) is 51.1 Å². The molecule has 1 aliphatic carbocycles. The van der Waals surface area contributed by atoms with Crippen LogP contribution in [0.15, 0.2) is 121 Å². The van der Waals surface area contributed by atoms with Crippen LogP contribution in [-0.2, 0) is 27.1 Å². The maximum Gasteiger partial charge on any atom is 0.195 e. The van der Waals surface area contributed by atoms with Crippen molar-refractivity contribution in [2.45, 2.75) is 41.5 Å². The van der Waals surface area contributed by atoms with E-state index in [9.17, 15) is 9.90 Å². The van der Waals surface area contributed by atoms with Crippen LogP contribution >= 0.6 is 0 Å². The number of hydrogen-bond donors (Lipinski definition) is 2. The third-order valence-corrected chi connectivity index (χ3v) is 7.44. The zero-order chi connectivity index (χ0) is 33.5. The Morgan fingerprint density at radius 2 is 0.830 bits per heavy atom. The molecule has 4 aromatic heterocycles. The second-order valence-corrected chi connectivity index (χ2v) is 12.8. The van der Waals surface area contributed by atoms with Crippen molar-refractivity contribution in [1.82, 2.24) is 19.9 Å². The summed E-state index contributed by atoms with van der Waals surface area (Å²) in [4.78, 5) is 29.1. The summed E-state index contributed by atoms with van der Waals surface area (Å²) < 4.78 is 0. The molecule has 0 saturated carbocycles. The molecule has 2 aromatic carbocycles. The summed E-state index contributed by atoms with van der Waals surface area (Å²) in [6.45, 7) is 12.2. The van der Waals surface area contributed by atoms with Crippen LogP contribution in [-0.4, -0.2) is 36.1 Å². The number of ketones is 1. The molecule has 0 bridgehead atoms. The molecule has 6 aromatic rings. The molecule has 0 atom stereocenters. The molecule has 0 amide bonds. The smallest absolute Gasteiger partial charge is 0.195 e. The summed E-state index contributed by atoms with van der Waals surface area (Å²) in [6, 6.07) is 24.3. The van der Waals surface area contributed by atoms with Crippen LogP contribution in [0.4, 0.5) is 0 Å². The van der Waals surface area contributed by atoms with E-state index >= 15 is 0 Å². The minimum absolute atomic E-state index is 0.